The van der Waals surface area contributed by atoms with E-state index in [0.717, 1.165) is 10.9 Å². The van der Waals surface area contributed by atoms with Crippen molar-refractivity contribution in [1.82, 2.24) is 0 Å². The predicted molar refractivity (Wildman–Crippen MR) is 58.5 cm³/mol. The van der Waals surface area contributed by atoms with Gasteiger partial charge in [-0.25, -0.2) is 0 Å². The van der Waals surface area contributed by atoms with E-state index in [4.69, 9.17) is 5.73 Å². The number of nitrogens with two attached hydrogens (primary N) is 1. The molecule has 0 aliphatic carbocycles. The van der Waals surface area contributed by atoms with Crippen molar-refractivity contribution in [3.63, 3.8) is 0 Å². The molecule has 0 spiro atoms. The molecule has 1 atom stereocenters. The topological polar surface area (TPSA) is 26.0 Å². The van der Waals surface area contributed by atoms with Gasteiger partial charge >= 0.3 is 0 Å². The second-order valence-electron chi connectivity index (χ2n) is 2.88. The zero-order chi connectivity index (χ0) is 8.97. The van der Waals surface area contributed by atoms with E-state index in [0.29, 0.717) is 0 Å². The van der Waals surface area contributed by atoms with E-state index in [1.54, 1.807) is 11.3 Å². The standard InChI is InChI=1S/C9H14BrNS/c1-2-3-4-8(11)9-7(10)5-6-12-9/h5-6,8H,2-4,11H2,1H3/t8-/m0/s1. The molecule has 0 aromatic carbocycles. The Hall–Kier alpha value is 0.140. The Morgan fingerprint density at radius 2 is 2.42 bits per heavy atom. The molecular formula is C9H14BrNS. The van der Waals surface area contributed by atoms with E-state index in [2.05, 4.69) is 34.3 Å². The van der Waals surface area contributed by atoms with Crippen LogP contribution in [0.1, 0.15) is 37.1 Å². The van der Waals surface area contributed by atoms with Crippen LogP contribution in [0.5, 0.6) is 0 Å². The van der Waals surface area contributed by atoms with Crippen molar-refractivity contribution in [3.05, 3.63) is 20.8 Å². The fourth-order valence-electron chi connectivity index (χ4n) is 1.13. The molecule has 2 N–H and O–H groups in total. The summed E-state index contributed by atoms with van der Waals surface area (Å²) < 4.78 is 1.16. The molecule has 1 heterocycles. The van der Waals surface area contributed by atoms with E-state index in [1.807, 2.05) is 0 Å². The fraction of sp³-hybridized carbons (Fsp3) is 0.556. The van der Waals surface area contributed by atoms with Crippen LogP contribution in [0.25, 0.3) is 0 Å². The zero-order valence-corrected chi connectivity index (χ0v) is 9.62. The Bertz CT molecular complexity index is 234. The van der Waals surface area contributed by atoms with E-state index >= 15 is 0 Å². The third-order valence-corrected chi connectivity index (χ3v) is 3.85. The van der Waals surface area contributed by atoms with Crippen LogP contribution < -0.4 is 5.73 Å². The number of hydrogen-bond acceptors (Lipinski definition) is 2. The lowest BCUT2D eigenvalue weighted by atomic mass is 10.1. The highest BCUT2D eigenvalue weighted by Crippen LogP contribution is 2.30. The van der Waals surface area contributed by atoms with Gasteiger partial charge in [0.1, 0.15) is 0 Å². The van der Waals surface area contributed by atoms with Gasteiger partial charge < -0.3 is 5.73 Å². The first kappa shape index (κ1) is 10.2. The van der Waals surface area contributed by atoms with Crippen molar-refractivity contribution in [2.75, 3.05) is 0 Å². The molecule has 0 aliphatic rings. The molecule has 1 aromatic rings. The van der Waals surface area contributed by atoms with Gasteiger partial charge in [-0.15, -0.1) is 11.3 Å². The highest BCUT2D eigenvalue weighted by Gasteiger charge is 2.09. The molecule has 0 saturated heterocycles. The van der Waals surface area contributed by atoms with Crippen LogP contribution in [0.2, 0.25) is 0 Å². The summed E-state index contributed by atoms with van der Waals surface area (Å²) in [6.07, 6.45) is 3.53. The number of thiophene rings is 1. The second kappa shape index (κ2) is 5.00. The van der Waals surface area contributed by atoms with E-state index in [9.17, 15) is 0 Å². The van der Waals surface area contributed by atoms with Gasteiger partial charge in [0.15, 0.2) is 0 Å². The normalized spacial score (nSPS) is 13.2. The summed E-state index contributed by atoms with van der Waals surface area (Å²) in [7, 11) is 0. The Morgan fingerprint density at radius 3 is 2.92 bits per heavy atom. The fourth-order valence-corrected chi connectivity index (χ4v) is 2.83. The maximum absolute atomic E-state index is 6.01. The number of hydrogen-bond donors (Lipinski definition) is 1. The van der Waals surface area contributed by atoms with Gasteiger partial charge in [0.2, 0.25) is 0 Å². The van der Waals surface area contributed by atoms with Gasteiger partial charge in [-0.3, -0.25) is 0 Å². The van der Waals surface area contributed by atoms with Crippen LogP contribution >= 0.6 is 27.3 Å². The molecule has 3 heteroatoms. The molecule has 0 amide bonds. The summed E-state index contributed by atoms with van der Waals surface area (Å²) in [4.78, 5) is 1.28. The molecule has 0 fully saturated rings. The molecule has 0 radical (unpaired) electrons. The van der Waals surface area contributed by atoms with Crippen LogP contribution in [0.4, 0.5) is 0 Å². The molecule has 1 rings (SSSR count). The summed E-state index contributed by atoms with van der Waals surface area (Å²) in [6, 6.07) is 2.28. The van der Waals surface area contributed by atoms with Crippen LogP contribution in [-0.4, -0.2) is 0 Å². The van der Waals surface area contributed by atoms with Crippen molar-refractivity contribution >= 4 is 27.3 Å². The van der Waals surface area contributed by atoms with Gasteiger partial charge in [-0.1, -0.05) is 19.8 Å². The molecule has 0 unspecified atom stereocenters. The SMILES string of the molecule is CCCC[C@H](N)c1sccc1Br. The second-order valence-corrected chi connectivity index (χ2v) is 4.68. The monoisotopic (exact) mass is 247 g/mol. The van der Waals surface area contributed by atoms with Crippen molar-refractivity contribution in [1.29, 1.82) is 0 Å². The minimum absolute atomic E-state index is 0.222. The summed E-state index contributed by atoms with van der Waals surface area (Å²) in [5.41, 5.74) is 6.01. The van der Waals surface area contributed by atoms with Crippen LogP contribution in [0.15, 0.2) is 15.9 Å². The minimum atomic E-state index is 0.222. The van der Waals surface area contributed by atoms with E-state index in [-0.39, 0.29) is 6.04 Å². The van der Waals surface area contributed by atoms with Gasteiger partial charge in [0, 0.05) is 15.4 Å². The Kier molecular flexibility index (Phi) is 4.26. The lowest BCUT2D eigenvalue weighted by molar-refractivity contribution is 0.610. The van der Waals surface area contributed by atoms with E-state index in [1.165, 1.54) is 17.7 Å². The maximum Gasteiger partial charge on any atom is 0.0401 e. The summed E-state index contributed by atoms with van der Waals surface area (Å²) in [5, 5.41) is 2.07. The van der Waals surface area contributed by atoms with Crippen molar-refractivity contribution in [2.45, 2.75) is 32.2 Å². The predicted octanol–water partition coefficient (Wildman–Crippen LogP) is 3.70. The van der Waals surface area contributed by atoms with Gasteiger partial charge in [0.25, 0.3) is 0 Å². The molecule has 68 valence electrons. The molecule has 12 heavy (non-hydrogen) atoms. The first-order chi connectivity index (χ1) is 5.75. The van der Waals surface area contributed by atoms with Crippen molar-refractivity contribution in [2.24, 2.45) is 5.73 Å². The van der Waals surface area contributed by atoms with Gasteiger partial charge in [0.05, 0.1) is 0 Å². The number of unbranched alkanes of at least 4 members (excludes halogenated alkanes) is 1. The maximum atomic E-state index is 6.01. The zero-order valence-electron chi connectivity index (χ0n) is 7.22. The molecular weight excluding hydrogens is 234 g/mol. The molecule has 0 saturated carbocycles. The third kappa shape index (κ3) is 2.57. The summed E-state index contributed by atoms with van der Waals surface area (Å²) in [6.45, 7) is 2.19. The highest BCUT2D eigenvalue weighted by molar-refractivity contribution is 9.10. The Labute approximate surface area is 86.1 Å². The molecule has 0 aliphatic heterocycles. The molecule has 1 aromatic heterocycles. The largest absolute Gasteiger partial charge is 0.323 e. The quantitative estimate of drug-likeness (QED) is 0.863. The van der Waals surface area contributed by atoms with Crippen LogP contribution in [-0.2, 0) is 0 Å². The van der Waals surface area contributed by atoms with Crippen molar-refractivity contribution < 1.29 is 0 Å². The summed E-state index contributed by atoms with van der Waals surface area (Å²) in [5.74, 6) is 0. The molecule has 0 bridgehead atoms. The Balaban J connectivity index is 2.52. The minimum Gasteiger partial charge on any atom is -0.323 e. The van der Waals surface area contributed by atoms with Crippen LogP contribution in [0, 0.1) is 0 Å². The van der Waals surface area contributed by atoms with Crippen molar-refractivity contribution in [3.8, 4) is 0 Å². The van der Waals surface area contributed by atoms with Crippen LogP contribution in [0.3, 0.4) is 0 Å². The molecule has 1 nitrogen and oxygen atoms in total. The smallest absolute Gasteiger partial charge is 0.0401 e. The highest BCUT2D eigenvalue weighted by atomic mass is 79.9. The lowest BCUT2D eigenvalue weighted by Crippen LogP contribution is -2.08. The average Bonchev–Trinajstić information content (AvgIpc) is 2.47. The van der Waals surface area contributed by atoms with E-state index < -0.39 is 0 Å². The van der Waals surface area contributed by atoms with Gasteiger partial charge in [-0.05, 0) is 33.8 Å². The summed E-state index contributed by atoms with van der Waals surface area (Å²) >= 11 is 5.23. The number of halogens is 1. The third-order valence-electron chi connectivity index (χ3n) is 1.85. The first-order valence-electron chi connectivity index (χ1n) is 4.24. The van der Waals surface area contributed by atoms with Gasteiger partial charge in [-0.2, -0.15) is 0 Å². The lowest BCUT2D eigenvalue weighted by Gasteiger charge is -2.08. The average molecular weight is 248 g/mol. The first-order valence-corrected chi connectivity index (χ1v) is 5.91. The number of rotatable bonds is 4. The Morgan fingerprint density at radius 1 is 1.67 bits per heavy atom.